The molecule has 0 atom stereocenters. The molecule has 4 heteroatoms. The molecule has 1 aliphatic heterocycles. The van der Waals surface area contributed by atoms with Crippen molar-refractivity contribution >= 4 is 5.91 Å². The van der Waals surface area contributed by atoms with Crippen LogP contribution >= 0.6 is 0 Å². The number of hydrogen-bond acceptors (Lipinski definition) is 2. The Morgan fingerprint density at radius 1 is 1.44 bits per heavy atom. The topological polar surface area (TPSA) is 38.1 Å². The first kappa shape index (κ1) is 13.1. The Bertz CT molecular complexity index is 403. The van der Waals surface area contributed by atoms with Gasteiger partial charge in [-0.05, 0) is 31.2 Å². The van der Waals surface area contributed by atoms with E-state index in [-0.39, 0.29) is 5.92 Å². The zero-order valence-electron chi connectivity index (χ0n) is 11.6. The van der Waals surface area contributed by atoms with Crippen molar-refractivity contribution < 1.29 is 4.79 Å². The maximum absolute atomic E-state index is 11.9. The lowest BCUT2D eigenvalue weighted by molar-refractivity contribution is -0.135. The van der Waals surface area contributed by atoms with Gasteiger partial charge < -0.3 is 4.90 Å². The summed E-state index contributed by atoms with van der Waals surface area (Å²) < 4.78 is 1.95. The van der Waals surface area contributed by atoms with E-state index in [4.69, 9.17) is 0 Å². The molecule has 1 fully saturated rings. The van der Waals surface area contributed by atoms with Crippen LogP contribution < -0.4 is 0 Å². The van der Waals surface area contributed by atoms with E-state index < -0.39 is 0 Å². The molecule has 1 aromatic heterocycles. The summed E-state index contributed by atoms with van der Waals surface area (Å²) in [7, 11) is 1.99. The number of rotatable bonds is 3. The molecule has 0 spiro atoms. The molecule has 18 heavy (non-hydrogen) atoms. The van der Waals surface area contributed by atoms with Gasteiger partial charge in [0.15, 0.2) is 0 Å². The summed E-state index contributed by atoms with van der Waals surface area (Å²) in [4.78, 5) is 13.9. The van der Waals surface area contributed by atoms with E-state index in [0.29, 0.717) is 11.8 Å². The lowest BCUT2D eigenvalue weighted by atomic mass is 9.91. The van der Waals surface area contributed by atoms with Gasteiger partial charge in [-0.2, -0.15) is 5.10 Å². The fourth-order valence-electron chi connectivity index (χ4n) is 2.62. The number of carbonyl (C=O) groups excluding carboxylic acids is 1. The third-order valence-corrected chi connectivity index (χ3v) is 3.84. The minimum absolute atomic E-state index is 0.124. The summed E-state index contributed by atoms with van der Waals surface area (Å²) in [6, 6.07) is 2.09. The fraction of sp³-hybridized carbons (Fsp3) is 0.714. The van der Waals surface area contributed by atoms with Gasteiger partial charge in [0.05, 0.1) is 0 Å². The first-order valence-electron chi connectivity index (χ1n) is 6.83. The quantitative estimate of drug-likeness (QED) is 0.820. The van der Waals surface area contributed by atoms with Gasteiger partial charge in [-0.3, -0.25) is 9.48 Å². The largest absolute Gasteiger partial charge is 0.342 e. The van der Waals surface area contributed by atoms with Crippen molar-refractivity contribution in [2.24, 2.45) is 18.9 Å². The Labute approximate surface area is 109 Å². The molecule has 1 aliphatic rings. The third kappa shape index (κ3) is 2.92. The number of aryl methyl sites for hydroxylation is 1. The lowest BCUT2D eigenvalue weighted by Gasteiger charge is -2.33. The molecule has 1 amide bonds. The molecular weight excluding hydrogens is 226 g/mol. The number of aromatic nitrogens is 2. The molecule has 1 aromatic rings. The normalized spacial score (nSPS) is 17.4. The number of likely N-dealkylation sites (tertiary alicyclic amines) is 1. The van der Waals surface area contributed by atoms with Crippen LogP contribution in [0.15, 0.2) is 12.3 Å². The lowest BCUT2D eigenvalue weighted by Crippen LogP contribution is -2.41. The van der Waals surface area contributed by atoms with Crippen molar-refractivity contribution in [1.29, 1.82) is 0 Å². The highest BCUT2D eigenvalue weighted by Crippen LogP contribution is 2.22. The molecule has 1 saturated heterocycles. The van der Waals surface area contributed by atoms with Crippen LogP contribution in [0, 0.1) is 11.8 Å². The molecule has 100 valence electrons. The summed E-state index contributed by atoms with van der Waals surface area (Å²) in [6.45, 7) is 5.78. The number of hydrogen-bond donors (Lipinski definition) is 0. The van der Waals surface area contributed by atoms with Crippen molar-refractivity contribution in [3.05, 3.63) is 18.0 Å². The average Bonchev–Trinajstić information content (AvgIpc) is 2.75. The Morgan fingerprint density at radius 3 is 2.61 bits per heavy atom. The molecule has 0 radical (unpaired) electrons. The number of nitrogens with zero attached hydrogens (tertiary/aromatic N) is 3. The molecule has 4 nitrogen and oxygen atoms in total. The maximum Gasteiger partial charge on any atom is 0.225 e. The predicted octanol–water partition coefficient (Wildman–Crippen LogP) is 1.86. The molecule has 2 rings (SSSR count). The molecule has 0 bridgehead atoms. The molecule has 0 N–H and O–H groups in total. The Kier molecular flexibility index (Phi) is 4.04. The number of amides is 1. The van der Waals surface area contributed by atoms with Crippen molar-refractivity contribution in [1.82, 2.24) is 14.7 Å². The van der Waals surface area contributed by atoms with Crippen LogP contribution in [0.25, 0.3) is 0 Å². The predicted molar refractivity (Wildman–Crippen MR) is 71.1 cm³/mol. The highest BCUT2D eigenvalue weighted by atomic mass is 16.2. The Hall–Kier alpha value is -1.32. The van der Waals surface area contributed by atoms with E-state index in [1.54, 1.807) is 0 Å². The van der Waals surface area contributed by atoms with Crippen molar-refractivity contribution in [2.75, 3.05) is 13.1 Å². The van der Waals surface area contributed by atoms with E-state index in [1.165, 1.54) is 5.69 Å². The third-order valence-electron chi connectivity index (χ3n) is 3.84. The summed E-state index contributed by atoms with van der Waals surface area (Å²) in [5, 5.41) is 4.20. The van der Waals surface area contributed by atoms with Gasteiger partial charge in [-0.15, -0.1) is 0 Å². The summed E-state index contributed by atoms with van der Waals surface area (Å²) >= 11 is 0. The van der Waals surface area contributed by atoms with E-state index in [1.807, 2.05) is 36.7 Å². The van der Waals surface area contributed by atoms with Crippen LogP contribution in [0.5, 0.6) is 0 Å². The molecule has 0 aromatic carbocycles. The van der Waals surface area contributed by atoms with Crippen LogP contribution in [0.1, 0.15) is 32.4 Å². The molecule has 2 heterocycles. The second kappa shape index (κ2) is 5.55. The zero-order chi connectivity index (χ0) is 13.1. The fourth-order valence-corrected chi connectivity index (χ4v) is 2.62. The van der Waals surface area contributed by atoms with E-state index in [9.17, 15) is 4.79 Å². The van der Waals surface area contributed by atoms with Gasteiger partial charge in [0.1, 0.15) is 0 Å². The first-order chi connectivity index (χ1) is 8.58. The minimum Gasteiger partial charge on any atom is -0.342 e. The van der Waals surface area contributed by atoms with Gasteiger partial charge in [0.2, 0.25) is 5.91 Å². The summed E-state index contributed by atoms with van der Waals surface area (Å²) in [6.07, 6.45) is 5.17. The Balaban J connectivity index is 1.84. The van der Waals surface area contributed by atoms with Crippen molar-refractivity contribution in [3.8, 4) is 0 Å². The van der Waals surface area contributed by atoms with E-state index >= 15 is 0 Å². The van der Waals surface area contributed by atoms with Crippen molar-refractivity contribution in [2.45, 2.75) is 33.1 Å². The summed E-state index contributed by atoms with van der Waals surface area (Å²) in [5.41, 5.74) is 1.30. The van der Waals surface area contributed by atoms with Crippen LogP contribution in [-0.2, 0) is 18.3 Å². The summed E-state index contributed by atoms with van der Waals surface area (Å²) in [5.74, 6) is 1.12. The SMILES string of the molecule is CC(C)C(=O)N1CCC(Cc2ccnn2C)CC1. The van der Waals surface area contributed by atoms with E-state index in [0.717, 1.165) is 32.4 Å². The highest BCUT2D eigenvalue weighted by Gasteiger charge is 2.24. The molecule has 0 aliphatic carbocycles. The molecular formula is C14H23N3O. The molecule has 0 saturated carbocycles. The van der Waals surface area contributed by atoms with Crippen LogP contribution in [-0.4, -0.2) is 33.7 Å². The van der Waals surface area contributed by atoms with Gasteiger partial charge in [-0.1, -0.05) is 13.8 Å². The van der Waals surface area contributed by atoms with Crippen molar-refractivity contribution in [3.63, 3.8) is 0 Å². The van der Waals surface area contributed by atoms with Crippen LogP contribution in [0.3, 0.4) is 0 Å². The number of piperidine rings is 1. The first-order valence-corrected chi connectivity index (χ1v) is 6.83. The second-order valence-electron chi connectivity index (χ2n) is 5.57. The second-order valence-corrected chi connectivity index (χ2v) is 5.57. The van der Waals surface area contributed by atoms with Gasteiger partial charge in [-0.25, -0.2) is 0 Å². The standard InChI is InChI=1S/C14H23N3O/c1-11(2)14(18)17-8-5-12(6-9-17)10-13-4-7-15-16(13)3/h4,7,11-12H,5-6,8-10H2,1-3H3. The molecule has 0 unspecified atom stereocenters. The van der Waals surface area contributed by atoms with Crippen LogP contribution in [0.2, 0.25) is 0 Å². The van der Waals surface area contributed by atoms with E-state index in [2.05, 4.69) is 11.2 Å². The number of carbonyl (C=O) groups is 1. The maximum atomic E-state index is 11.9. The van der Waals surface area contributed by atoms with Gasteiger partial charge in [0.25, 0.3) is 0 Å². The van der Waals surface area contributed by atoms with Gasteiger partial charge in [0, 0.05) is 37.9 Å². The monoisotopic (exact) mass is 249 g/mol. The van der Waals surface area contributed by atoms with Crippen LogP contribution in [0.4, 0.5) is 0 Å². The minimum atomic E-state index is 0.124. The Morgan fingerprint density at radius 2 is 2.11 bits per heavy atom. The zero-order valence-corrected chi connectivity index (χ0v) is 11.6. The smallest absolute Gasteiger partial charge is 0.225 e. The average molecular weight is 249 g/mol. The highest BCUT2D eigenvalue weighted by molar-refractivity contribution is 5.78. The van der Waals surface area contributed by atoms with Gasteiger partial charge >= 0.3 is 0 Å².